The van der Waals surface area contributed by atoms with Crippen LogP contribution in [-0.4, -0.2) is 43.8 Å². The molecule has 0 aliphatic heterocycles. The van der Waals surface area contributed by atoms with Crippen LogP contribution in [0.25, 0.3) is 0 Å². The number of nitrogens with zero attached hydrogens (tertiary/aromatic N) is 2. The molecule has 0 radical (unpaired) electrons. The molecule has 0 bridgehead atoms. The molecular weight excluding hydrogens is 581 g/mol. The molecule has 0 aromatic heterocycles. The third kappa shape index (κ3) is 8.03. The summed E-state index contributed by atoms with van der Waals surface area (Å²) in [5.41, 5.74) is 1.77. The van der Waals surface area contributed by atoms with Crippen molar-refractivity contribution in [2.24, 2.45) is 0 Å². The lowest BCUT2D eigenvalue weighted by Crippen LogP contribution is -2.53. The average Bonchev–Trinajstić information content (AvgIpc) is 2.97. The smallest absolute Gasteiger partial charge is 0.264 e. The Balaban J connectivity index is 2.11. The summed E-state index contributed by atoms with van der Waals surface area (Å²) < 4.78 is 29.2. The second kappa shape index (κ2) is 14.7. The summed E-state index contributed by atoms with van der Waals surface area (Å²) in [7, 11) is -4.14. The van der Waals surface area contributed by atoms with Gasteiger partial charge in [-0.05, 0) is 67.6 Å². The molecule has 7 nitrogen and oxygen atoms in total. The lowest BCUT2D eigenvalue weighted by Gasteiger charge is -2.34. The van der Waals surface area contributed by atoms with Gasteiger partial charge in [0, 0.05) is 22.6 Å². The SMILES string of the molecule is CCc1ccccc1N(CC(=O)N(Cc1ccc(Cl)cc1Cl)[C@H](CC)C(=O)N[C@@H](C)CC)S(=O)(=O)c1ccccc1. The van der Waals surface area contributed by atoms with E-state index in [2.05, 4.69) is 5.32 Å². The summed E-state index contributed by atoms with van der Waals surface area (Å²) in [5.74, 6) is -0.848. The fourth-order valence-electron chi connectivity index (χ4n) is 4.48. The zero-order chi connectivity index (χ0) is 30.2. The molecule has 2 amide bonds. The minimum absolute atomic E-state index is 0.00405. The van der Waals surface area contributed by atoms with Crippen molar-refractivity contribution in [2.75, 3.05) is 10.8 Å². The highest BCUT2D eigenvalue weighted by Gasteiger charge is 2.34. The first-order chi connectivity index (χ1) is 19.5. The molecule has 0 saturated carbocycles. The van der Waals surface area contributed by atoms with Gasteiger partial charge in [-0.15, -0.1) is 0 Å². The van der Waals surface area contributed by atoms with Crippen molar-refractivity contribution in [1.82, 2.24) is 10.2 Å². The van der Waals surface area contributed by atoms with E-state index in [4.69, 9.17) is 23.2 Å². The summed E-state index contributed by atoms with van der Waals surface area (Å²) in [6.07, 6.45) is 1.59. The number of carbonyl (C=O) groups is 2. The Morgan fingerprint density at radius 3 is 2.15 bits per heavy atom. The van der Waals surface area contributed by atoms with Crippen molar-refractivity contribution >= 4 is 50.7 Å². The molecule has 0 spiro atoms. The van der Waals surface area contributed by atoms with Gasteiger partial charge in [-0.25, -0.2) is 8.42 Å². The highest BCUT2D eigenvalue weighted by molar-refractivity contribution is 7.92. The summed E-state index contributed by atoms with van der Waals surface area (Å²) in [5, 5.41) is 3.75. The van der Waals surface area contributed by atoms with Gasteiger partial charge in [-0.1, -0.05) is 86.4 Å². The fourth-order valence-corrected chi connectivity index (χ4v) is 6.42. The zero-order valence-electron chi connectivity index (χ0n) is 23.8. The van der Waals surface area contributed by atoms with Crippen molar-refractivity contribution in [2.45, 2.75) is 70.5 Å². The normalized spacial score (nSPS) is 12.8. The number of amides is 2. The molecule has 220 valence electrons. The van der Waals surface area contributed by atoms with Crippen LogP contribution in [0.15, 0.2) is 77.7 Å². The van der Waals surface area contributed by atoms with E-state index in [0.717, 1.165) is 16.3 Å². The molecule has 41 heavy (non-hydrogen) atoms. The Morgan fingerprint density at radius 2 is 1.54 bits per heavy atom. The highest BCUT2D eigenvalue weighted by Crippen LogP contribution is 2.29. The van der Waals surface area contributed by atoms with E-state index in [0.29, 0.717) is 34.1 Å². The molecule has 0 aliphatic carbocycles. The van der Waals surface area contributed by atoms with Crippen LogP contribution in [0.4, 0.5) is 5.69 Å². The molecule has 3 aromatic rings. The molecule has 0 aliphatic rings. The predicted molar refractivity (Wildman–Crippen MR) is 166 cm³/mol. The summed E-state index contributed by atoms with van der Waals surface area (Å²) >= 11 is 12.6. The number of benzene rings is 3. The monoisotopic (exact) mass is 617 g/mol. The number of aryl methyl sites for hydroxylation is 1. The fraction of sp³-hybridized carbons (Fsp3) is 0.355. The van der Waals surface area contributed by atoms with Crippen molar-refractivity contribution in [1.29, 1.82) is 0 Å². The minimum Gasteiger partial charge on any atom is -0.352 e. The van der Waals surface area contributed by atoms with Gasteiger partial charge in [0.2, 0.25) is 11.8 Å². The van der Waals surface area contributed by atoms with Crippen LogP contribution < -0.4 is 9.62 Å². The molecule has 3 rings (SSSR count). The summed E-state index contributed by atoms with van der Waals surface area (Å²) in [6, 6.07) is 19.1. The molecule has 0 fully saturated rings. The van der Waals surface area contributed by atoms with Crippen LogP contribution in [-0.2, 0) is 32.6 Å². The van der Waals surface area contributed by atoms with Gasteiger partial charge in [-0.3, -0.25) is 13.9 Å². The first-order valence-corrected chi connectivity index (χ1v) is 15.9. The molecule has 0 saturated heterocycles. The predicted octanol–water partition coefficient (Wildman–Crippen LogP) is 6.47. The van der Waals surface area contributed by atoms with E-state index >= 15 is 0 Å². The topological polar surface area (TPSA) is 86.8 Å². The lowest BCUT2D eigenvalue weighted by atomic mass is 10.1. The Kier molecular flexibility index (Phi) is 11.6. The van der Waals surface area contributed by atoms with Gasteiger partial charge in [0.05, 0.1) is 10.6 Å². The third-order valence-electron chi connectivity index (χ3n) is 6.99. The Morgan fingerprint density at radius 1 is 0.878 bits per heavy atom. The second-order valence-corrected chi connectivity index (χ2v) is 12.5. The number of halogens is 2. The number of carbonyl (C=O) groups excluding carboxylic acids is 2. The Hall–Kier alpha value is -3.07. The van der Waals surface area contributed by atoms with E-state index < -0.39 is 28.5 Å². The van der Waals surface area contributed by atoms with Crippen LogP contribution >= 0.6 is 23.2 Å². The van der Waals surface area contributed by atoms with Gasteiger partial charge in [0.1, 0.15) is 12.6 Å². The minimum atomic E-state index is -4.14. The number of hydrogen-bond acceptors (Lipinski definition) is 4. The maximum absolute atomic E-state index is 14.2. The molecule has 3 aromatic carbocycles. The Bertz CT molecular complexity index is 1450. The van der Waals surface area contributed by atoms with Gasteiger partial charge in [0.25, 0.3) is 10.0 Å². The van der Waals surface area contributed by atoms with Crippen molar-refractivity contribution < 1.29 is 18.0 Å². The van der Waals surface area contributed by atoms with Crippen LogP contribution in [0.2, 0.25) is 10.0 Å². The van der Waals surface area contributed by atoms with E-state index in [1.807, 2.05) is 39.8 Å². The summed E-state index contributed by atoms with van der Waals surface area (Å²) in [4.78, 5) is 29.1. The largest absolute Gasteiger partial charge is 0.352 e. The molecule has 0 unspecified atom stereocenters. The second-order valence-electron chi connectivity index (χ2n) is 9.81. The van der Waals surface area contributed by atoms with E-state index in [9.17, 15) is 18.0 Å². The van der Waals surface area contributed by atoms with Crippen molar-refractivity contribution in [3.63, 3.8) is 0 Å². The molecular formula is C31H37Cl2N3O4S. The van der Waals surface area contributed by atoms with Crippen LogP contribution in [0, 0.1) is 0 Å². The highest BCUT2D eigenvalue weighted by atomic mass is 35.5. The van der Waals surface area contributed by atoms with E-state index in [1.54, 1.807) is 48.5 Å². The number of hydrogen-bond donors (Lipinski definition) is 1. The molecule has 0 heterocycles. The molecule has 2 atom stereocenters. The number of anilines is 1. The number of nitrogens with one attached hydrogen (secondary N) is 1. The van der Waals surface area contributed by atoms with Crippen molar-refractivity contribution in [3.8, 4) is 0 Å². The number of para-hydroxylation sites is 1. The van der Waals surface area contributed by atoms with Gasteiger partial charge in [-0.2, -0.15) is 0 Å². The van der Waals surface area contributed by atoms with E-state index in [1.165, 1.54) is 17.0 Å². The Labute approximate surface area is 253 Å². The zero-order valence-corrected chi connectivity index (χ0v) is 26.1. The first kappa shape index (κ1) is 32.4. The average molecular weight is 619 g/mol. The van der Waals surface area contributed by atoms with Crippen molar-refractivity contribution in [3.05, 3.63) is 94.0 Å². The number of sulfonamides is 1. The van der Waals surface area contributed by atoms with Gasteiger partial charge < -0.3 is 10.2 Å². The maximum Gasteiger partial charge on any atom is 0.264 e. The summed E-state index contributed by atoms with van der Waals surface area (Å²) in [6.45, 7) is 7.08. The van der Waals surface area contributed by atoms with E-state index in [-0.39, 0.29) is 23.4 Å². The standard InChI is InChI=1S/C31H37Cl2N3O4S/c1-5-22(4)34-31(38)28(7-3)35(20-24-17-18-25(32)19-27(24)33)30(37)21-36(29-16-12-11-13-23(29)6-2)41(39,40)26-14-9-8-10-15-26/h8-19,22,28H,5-7,20-21H2,1-4H3,(H,34,38)/t22-,28+/m0/s1. The van der Waals surface area contributed by atoms with Gasteiger partial charge >= 0.3 is 0 Å². The number of rotatable bonds is 13. The quantitative estimate of drug-likeness (QED) is 0.238. The molecule has 1 N–H and O–H groups in total. The van der Waals surface area contributed by atoms with Crippen LogP contribution in [0.1, 0.15) is 51.7 Å². The first-order valence-electron chi connectivity index (χ1n) is 13.7. The van der Waals surface area contributed by atoms with Gasteiger partial charge in [0.15, 0.2) is 0 Å². The van der Waals surface area contributed by atoms with Crippen LogP contribution in [0.3, 0.4) is 0 Å². The lowest BCUT2D eigenvalue weighted by molar-refractivity contribution is -0.140. The maximum atomic E-state index is 14.2. The molecule has 10 heteroatoms. The van der Waals surface area contributed by atoms with Crippen LogP contribution in [0.5, 0.6) is 0 Å². The third-order valence-corrected chi connectivity index (χ3v) is 9.35.